The molecule has 140 valence electrons. The van der Waals surface area contributed by atoms with E-state index in [1.807, 2.05) is 60.8 Å². The number of aromatic amines is 1. The van der Waals surface area contributed by atoms with Crippen LogP contribution in [-0.2, 0) is 17.8 Å². The molecule has 0 fully saturated rings. The van der Waals surface area contributed by atoms with Crippen LogP contribution in [0.3, 0.4) is 0 Å². The molecule has 1 aromatic heterocycles. The summed E-state index contributed by atoms with van der Waals surface area (Å²) in [5.41, 5.74) is 4.18. The number of para-hydroxylation sites is 1. The Morgan fingerprint density at radius 1 is 0.857 bits per heavy atom. The third-order valence-electron chi connectivity index (χ3n) is 4.64. The Morgan fingerprint density at radius 3 is 2.39 bits per heavy atom. The lowest BCUT2D eigenvalue weighted by Gasteiger charge is -2.09. The molecule has 0 aliphatic heterocycles. The maximum Gasteiger partial charge on any atom is 0.228 e. The van der Waals surface area contributed by atoms with Crippen molar-refractivity contribution in [1.29, 1.82) is 0 Å². The average molecular weight is 373 g/mol. The minimum Gasteiger partial charge on any atom is -0.381 e. The highest BCUT2D eigenvalue weighted by Crippen LogP contribution is 2.19. The number of anilines is 2. The summed E-state index contributed by atoms with van der Waals surface area (Å²) in [6.45, 7) is 0.402. The second-order valence-corrected chi connectivity index (χ2v) is 6.61. The van der Waals surface area contributed by atoms with Crippen molar-refractivity contribution in [3.63, 3.8) is 0 Å². The van der Waals surface area contributed by atoms with Crippen molar-refractivity contribution in [2.24, 2.45) is 0 Å². The van der Waals surface area contributed by atoms with Gasteiger partial charge in [0.25, 0.3) is 0 Å². The van der Waals surface area contributed by atoms with Crippen LogP contribution >= 0.6 is 0 Å². The van der Waals surface area contributed by atoms with Gasteiger partial charge < -0.3 is 15.6 Å². The Balaban J connectivity index is 1.35. The molecule has 0 bridgehead atoms. The minimum atomic E-state index is -0.226. The molecule has 0 aliphatic carbocycles. The lowest BCUT2D eigenvalue weighted by molar-refractivity contribution is -0.115. The molecule has 0 spiro atoms. The SMILES string of the molecule is O=C(Cc1c[nH]c2ccccc12)Nc1ccc(NCc2ccccc2F)cc1. The van der Waals surface area contributed by atoms with Crippen LogP contribution in [0.15, 0.2) is 79.0 Å². The van der Waals surface area contributed by atoms with Crippen LogP contribution in [0.2, 0.25) is 0 Å². The van der Waals surface area contributed by atoms with Crippen molar-refractivity contribution in [3.8, 4) is 0 Å². The van der Waals surface area contributed by atoms with Gasteiger partial charge in [0.2, 0.25) is 5.91 Å². The van der Waals surface area contributed by atoms with E-state index in [4.69, 9.17) is 0 Å². The Labute approximate surface area is 162 Å². The normalized spacial score (nSPS) is 10.8. The number of H-pyrrole nitrogens is 1. The van der Waals surface area contributed by atoms with Gasteiger partial charge in [-0.15, -0.1) is 0 Å². The van der Waals surface area contributed by atoms with Gasteiger partial charge in [-0.05, 0) is 42.0 Å². The van der Waals surface area contributed by atoms with Crippen molar-refractivity contribution in [2.75, 3.05) is 10.6 Å². The fourth-order valence-corrected chi connectivity index (χ4v) is 3.17. The number of fused-ring (bicyclic) bond motifs is 1. The molecule has 4 nitrogen and oxygen atoms in total. The smallest absolute Gasteiger partial charge is 0.228 e. The Kier molecular flexibility index (Phi) is 5.06. The predicted molar refractivity (Wildman–Crippen MR) is 111 cm³/mol. The summed E-state index contributed by atoms with van der Waals surface area (Å²) >= 11 is 0. The maximum absolute atomic E-state index is 13.7. The van der Waals surface area contributed by atoms with Crippen LogP contribution in [0.25, 0.3) is 10.9 Å². The molecule has 1 amide bonds. The molecular weight excluding hydrogens is 353 g/mol. The highest BCUT2D eigenvalue weighted by atomic mass is 19.1. The van der Waals surface area contributed by atoms with E-state index in [-0.39, 0.29) is 11.7 Å². The predicted octanol–water partition coefficient (Wildman–Crippen LogP) is 5.10. The largest absolute Gasteiger partial charge is 0.381 e. The Morgan fingerprint density at radius 2 is 1.57 bits per heavy atom. The molecule has 0 radical (unpaired) electrons. The quantitative estimate of drug-likeness (QED) is 0.440. The van der Waals surface area contributed by atoms with Crippen molar-refractivity contribution < 1.29 is 9.18 Å². The molecule has 4 aromatic rings. The molecular formula is C23H20FN3O. The first-order chi connectivity index (χ1) is 13.7. The standard InChI is InChI=1S/C23H20FN3O/c24-21-7-3-1-5-16(21)14-25-18-9-11-19(12-10-18)27-23(28)13-17-15-26-22-8-4-2-6-20(17)22/h1-12,15,25-26H,13-14H2,(H,27,28). The van der Waals surface area contributed by atoms with Crippen LogP contribution in [0, 0.1) is 5.82 Å². The number of hydrogen-bond donors (Lipinski definition) is 3. The van der Waals surface area contributed by atoms with Crippen LogP contribution < -0.4 is 10.6 Å². The molecule has 1 heterocycles. The first kappa shape index (κ1) is 17.8. The maximum atomic E-state index is 13.7. The minimum absolute atomic E-state index is 0.0724. The zero-order chi connectivity index (χ0) is 19.3. The lowest BCUT2D eigenvalue weighted by atomic mass is 10.1. The second kappa shape index (κ2) is 7.96. The summed E-state index contributed by atoms with van der Waals surface area (Å²) in [7, 11) is 0. The molecule has 0 atom stereocenters. The first-order valence-corrected chi connectivity index (χ1v) is 9.11. The van der Waals surface area contributed by atoms with Gasteiger partial charge in [-0.1, -0.05) is 36.4 Å². The summed E-state index contributed by atoms with van der Waals surface area (Å²) in [6.07, 6.45) is 2.18. The molecule has 0 saturated heterocycles. The summed E-state index contributed by atoms with van der Waals surface area (Å²) in [4.78, 5) is 15.6. The number of aromatic nitrogens is 1. The van der Waals surface area contributed by atoms with E-state index in [1.165, 1.54) is 6.07 Å². The lowest BCUT2D eigenvalue weighted by Crippen LogP contribution is -2.14. The number of halogens is 1. The Hall–Kier alpha value is -3.60. The molecule has 28 heavy (non-hydrogen) atoms. The number of carbonyl (C=O) groups excluding carboxylic acids is 1. The number of amides is 1. The first-order valence-electron chi connectivity index (χ1n) is 9.11. The van der Waals surface area contributed by atoms with E-state index in [0.29, 0.717) is 18.5 Å². The highest BCUT2D eigenvalue weighted by molar-refractivity contribution is 5.95. The van der Waals surface area contributed by atoms with Gasteiger partial charge in [-0.25, -0.2) is 4.39 Å². The molecule has 3 aromatic carbocycles. The van der Waals surface area contributed by atoms with Crippen LogP contribution in [0.5, 0.6) is 0 Å². The van der Waals surface area contributed by atoms with Gasteiger partial charge >= 0.3 is 0 Å². The van der Waals surface area contributed by atoms with E-state index < -0.39 is 0 Å². The van der Waals surface area contributed by atoms with Crippen LogP contribution in [0.4, 0.5) is 15.8 Å². The monoisotopic (exact) mass is 373 g/mol. The number of rotatable bonds is 6. The van der Waals surface area contributed by atoms with Gasteiger partial charge in [0, 0.05) is 40.6 Å². The zero-order valence-corrected chi connectivity index (χ0v) is 15.2. The molecule has 4 rings (SSSR count). The van der Waals surface area contributed by atoms with Gasteiger partial charge in [0.05, 0.1) is 6.42 Å². The van der Waals surface area contributed by atoms with E-state index in [0.717, 1.165) is 27.8 Å². The van der Waals surface area contributed by atoms with Gasteiger partial charge in [-0.2, -0.15) is 0 Å². The van der Waals surface area contributed by atoms with Crippen molar-refractivity contribution in [3.05, 3.63) is 95.9 Å². The van der Waals surface area contributed by atoms with E-state index in [1.54, 1.807) is 12.1 Å². The topological polar surface area (TPSA) is 56.9 Å². The molecule has 0 saturated carbocycles. The molecule has 5 heteroatoms. The van der Waals surface area contributed by atoms with Gasteiger partial charge in [0.15, 0.2) is 0 Å². The van der Waals surface area contributed by atoms with Crippen LogP contribution in [-0.4, -0.2) is 10.9 Å². The third-order valence-corrected chi connectivity index (χ3v) is 4.64. The zero-order valence-electron chi connectivity index (χ0n) is 15.2. The van der Waals surface area contributed by atoms with E-state index in [9.17, 15) is 9.18 Å². The fourth-order valence-electron chi connectivity index (χ4n) is 3.17. The molecule has 0 aliphatic rings. The summed E-state index contributed by atoms with van der Waals surface area (Å²) in [5, 5.41) is 7.16. The summed E-state index contributed by atoms with van der Waals surface area (Å²) < 4.78 is 13.7. The van der Waals surface area contributed by atoms with Crippen molar-refractivity contribution in [2.45, 2.75) is 13.0 Å². The summed E-state index contributed by atoms with van der Waals surface area (Å²) in [6, 6.07) is 22.0. The van der Waals surface area contributed by atoms with Crippen molar-refractivity contribution in [1.82, 2.24) is 4.98 Å². The Bertz CT molecular complexity index is 1100. The highest BCUT2D eigenvalue weighted by Gasteiger charge is 2.09. The second-order valence-electron chi connectivity index (χ2n) is 6.61. The average Bonchev–Trinajstić information content (AvgIpc) is 3.11. The number of hydrogen-bond acceptors (Lipinski definition) is 2. The molecule has 3 N–H and O–H groups in total. The van der Waals surface area contributed by atoms with Crippen molar-refractivity contribution >= 4 is 28.2 Å². The number of benzene rings is 3. The third kappa shape index (κ3) is 4.04. The van der Waals surface area contributed by atoms with E-state index in [2.05, 4.69) is 15.6 Å². The number of carbonyl (C=O) groups is 1. The number of nitrogens with one attached hydrogen (secondary N) is 3. The fraction of sp³-hybridized carbons (Fsp3) is 0.0870. The van der Waals surface area contributed by atoms with E-state index >= 15 is 0 Å². The summed E-state index contributed by atoms with van der Waals surface area (Å²) in [5.74, 6) is -0.298. The molecule has 0 unspecified atom stereocenters. The van der Waals surface area contributed by atoms with Gasteiger partial charge in [0.1, 0.15) is 5.82 Å². The van der Waals surface area contributed by atoms with Crippen LogP contribution in [0.1, 0.15) is 11.1 Å². The van der Waals surface area contributed by atoms with Gasteiger partial charge in [-0.3, -0.25) is 4.79 Å².